The van der Waals surface area contributed by atoms with Crippen molar-refractivity contribution in [2.45, 2.75) is 0 Å². The maximum absolute atomic E-state index is 12.2. The van der Waals surface area contributed by atoms with Crippen LogP contribution in [0.5, 0.6) is 0 Å². The van der Waals surface area contributed by atoms with Gasteiger partial charge in [-0.05, 0) is 12.1 Å². The van der Waals surface area contributed by atoms with Gasteiger partial charge in [0.05, 0.1) is 5.02 Å². The van der Waals surface area contributed by atoms with E-state index < -0.39 is 10.6 Å². The van der Waals surface area contributed by atoms with Crippen LogP contribution in [0.15, 0.2) is 24.3 Å². The first kappa shape index (κ1) is 12.2. The monoisotopic (exact) mass is 232 g/mol. The fourth-order valence-corrected chi connectivity index (χ4v) is 0.575. The number of halogens is 4. The van der Waals surface area contributed by atoms with Gasteiger partial charge in [0.15, 0.2) is 0 Å². The van der Waals surface area contributed by atoms with E-state index in [1.54, 1.807) is 12.1 Å². The van der Waals surface area contributed by atoms with Crippen LogP contribution >= 0.6 is 11.6 Å². The highest BCUT2D eigenvalue weighted by atomic mass is 35.5. The minimum atomic E-state index is -5.67. The molecule has 0 bridgehead atoms. The van der Waals surface area contributed by atoms with Crippen LogP contribution < -0.4 is 0 Å². The molecule has 0 heterocycles. The second-order valence-electron chi connectivity index (χ2n) is 1.79. The van der Waals surface area contributed by atoms with Crippen molar-refractivity contribution in [3.63, 3.8) is 0 Å². The van der Waals surface area contributed by atoms with Crippen molar-refractivity contribution >= 4 is 22.2 Å². The van der Waals surface area contributed by atoms with Crippen molar-refractivity contribution < 1.29 is 20.6 Å². The maximum Gasteiger partial charge on any atom is 0.476 e. The molecule has 0 aliphatic carbocycles. The van der Waals surface area contributed by atoms with E-state index in [4.69, 9.17) is 20.0 Å². The molecule has 7 heteroatoms. The highest BCUT2D eigenvalue weighted by Crippen LogP contribution is 2.11. The standard InChI is InChI=1S/C6H4ClF.F2O2S/c7-5-3-1-2-4-6(5)8;1-5(2,3)4/h1-4H;. The zero-order valence-corrected chi connectivity index (χ0v) is 7.62. The Morgan fingerprint density at radius 1 is 1.15 bits per heavy atom. The van der Waals surface area contributed by atoms with Crippen LogP contribution in [0, 0.1) is 5.82 Å². The van der Waals surface area contributed by atoms with Gasteiger partial charge in [-0.15, -0.1) is 0 Å². The van der Waals surface area contributed by atoms with Crippen LogP contribution in [0.4, 0.5) is 12.2 Å². The summed E-state index contributed by atoms with van der Waals surface area (Å²) in [7, 11) is -5.67. The van der Waals surface area contributed by atoms with E-state index in [0.717, 1.165) is 0 Å². The predicted molar refractivity (Wildman–Crippen MR) is 42.5 cm³/mol. The SMILES string of the molecule is Fc1ccccc1Cl.O=S(=O)(F)F. The lowest BCUT2D eigenvalue weighted by Crippen LogP contribution is -1.70. The van der Waals surface area contributed by atoms with Gasteiger partial charge in [-0.2, -0.15) is 8.42 Å². The molecular weight excluding hydrogens is 229 g/mol. The Labute approximate surface area is 78.5 Å². The summed E-state index contributed by atoms with van der Waals surface area (Å²) in [6.07, 6.45) is 0. The zero-order chi connectivity index (χ0) is 10.5. The summed E-state index contributed by atoms with van der Waals surface area (Å²) in [5.74, 6) is -0.367. The average molecular weight is 233 g/mol. The minimum absolute atomic E-state index is 0.174. The molecule has 0 aliphatic rings. The van der Waals surface area contributed by atoms with Crippen LogP contribution in [0.1, 0.15) is 0 Å². The fourth-order valence-electron chi connectivity index (χ4n) is 0.439. The number of rotatable bonds is 0. The fraction of sp³-hybridized carbons (Fsp3) is 0. The van der Waals surface area contributed by atoms with Gasteiger partial charge in [-0.25, -0.2) is 4.39 Å². The van der Waals surface area contributed by atoms with Crippen molar-refractivity contribution in [3.8, 4) is 0 Å². The molecule has 0 amide bonds. The third-order valence-electron chi connectivity index (χ3n) is 0.824. The van der Waals surface area contributed by atoms with E-state index in [1.807, 2.05) is 0 Å². The molecule has 0 unspecified atom stereocenters. The highest BCUT2D eigenvalue weighted by molar-refractivity contribution is 7.81. The lowest BCUT2D eigenvalue weighted by molar-refractivity contribution is 0.501. The second kappa shape index (κ2) is 5.08. The summed E-state index contributed by atoms with van der Waals surface area (Å²) in [5.41, 5.74) is 0. The molecule has 0 saturated heterocycles. The van der Waals surface area contributed by atoms with Crippen molar-refractivity contribution in [1.29, 1.82) is 0 Å². The van der Waals surface area contributed by atoms with Crippen molar-refractivity contribution in [1.82, 2.24) is 0 Å². The zero-order valence-electron chi connectivity index (χ0n) is 6.05. The molecule has 0 saturated carbocycles. The van der Waals surface area contributed by atoms with E-state index >= 15 is 0 Å². The van der Waals surface area contributed by atoms with Crippen LogP contribution in [0.3, 0.4) is 0 Å². The van der Waals surface area contributed by atoms with E-state index in [1.165, 1.54) is 12.1 Å². The van der Waals surface area contributed by atoms with E-state index in [-0.39, 0.29) is 10.8 Å². The quantitative estimate of drug-likeness (QED) is 0.645. The number of hydrogen-bond acceptors (Lipinski definition) is 2. The minimum Gasteiger partial charge on any atom is -0.205 e. The first-order valence-electron chi connectivity index (χ1n) is 2.85. The summed E-state index contributed by atoms with van der Waals surface area (Å²) in [5, 5.41) is 0.174. The number of benzene rings is 1. The molecule has 0 radical (unpaired) electrons. The summed E-state index contributed by atoms with van der Waals surface area (Å²) >= 11 is 5.33. The molecule has 0 N–H and O–H groups in total. The summed E-state index contributed by atoms with van der Waals surface area (Å²) in [6, 6.07) is 6.12. The Morgan fingerprint density at radius 3 is 1.77 bits per heavy atom. The second-order valence-corrected chi connectivity index (χ2v) is 2.96. The first-order chi connectivity index (χ1) is 5.80. The molecular formula is C6H4ClF3O2S. The van der Waals surface area contributed by atoms with Gasteiger partial charge in [-0.1, -0.05) is 31.5 Å². The molecule has 1 aromatic carbocycles. The average Bonchev–Trinajstić information content (AvgIpc) is 1.92. The molecule has 1 aromatic rings. The topological polar surface area (TPSA) is 34.1 Å². The number of hydrogen-bond donors (Lipinski definition) is 0. The Bertz CT molecular complexity index is 337. The predicted octanol–water partition coefficient (Wildman–Crippen LogP) is 2.65. The summed E-state index contributed by atoms with van der Waals surface area (Å²) < 4.78 is 48.8. The van der Waals surface area contributed by atoms with Crippen molar-refractivity contribution in [3.05, 3.63) is 35.1 Å². The molecule has 0 aliphatic heterocycles. The third kappa shape index (κ3) is 9.16. The Kier molecular flexibility index (Phi) is 4.79. The molecule has 74 valence electrons. The molecule has 0 spiro atoms. The molecule has 2 nitrogen and oxygen atoms in total. The smallest absolute Gasteiger partial charge is 0.205 e. The van der Waals surface area contributed by atoms with Gasteiger partial charge in [0.1, 0.15) is 5.82 Å². The molecule has 0 fully saturated rings. The van der Waals surface area contributed by atoms with Gasteiger partial charge in [0.25, 0.3) is 0 Å². The van der Waals surface area contributed by atoms with E-state index in [2.05, 4.69) is 0 Å². The van der Waals surface area contributed by atoms with Gasteiger partial charge >= 0.3 is 10.6 Å². The Morgan fingerprint density at radius 2 is 1.54 bits per heavy atom. The van der Waals surface area contributed by atoms with Crippen LogP contribution in [0.25, 0.3) is 0 Å². The lowest BCUT2D eigenvalue weighted by Gasteiger charge is -1.86. The Balaban J connectivity index is 0.000000252. The summed E-state index contributed by atoms with van der Waals surface area (Å²) in [4.78, 5) is 0. The van der Waals surface area contributed by atoms with Crippen molar-refractivity contribution in [2.75, 3.05) is 0 Å². The van der Waals surface area contributed by atoms with Crippen LogP contribution in [0.2, 0.25) is 5.02 Å². The van der Waals surface area contributed by atoms with Gasteiger partial charge in [-0.3, -0.25) is 0 Å². The van der Waals surface area contributed by atoms with Crippen molar-refractivity contribution in [2.24, 2.45) is 0 Å². The molecule has 0 atom stereocenters. The van der Waals surface area contributed by atoms with Gasteiger partial charge in [0.2, 0.25) is 0 Å². The molecule has 1 rings (SSSR count). The molecule has 13 heavy (non-hydrogen) atoms. The molecule has 0 aromatic heterocycles. The highest BCUT2D eigenvalue weighted by Gasteiger charge is 1.94. The first-order valence-corrected chi connectivity index (χ1v) is 4.51. The van der Waals surface area contributed by atoms with E-state index in [0.29, 0.717) is 0 Å². The third-order valence-corrected chi connectivity index (χ3v) is 1.13. The van der Waals surface area contributed by atoms with Crippen LogP contribution in [-0.2, 0) is 10.6 Å². The van der Waals surface area contributed by atoms with Crippen LogP contribution in [-0.4, -0.2) is 8.42 Å². The normalized spacial score (nSPS) is 10.2. The largest absolute Gasteiger partial charge is 0.476 e. The van der Waals surface area contributed by atoms with Gasteiger partial charge in [0, 0.05) is 0 Å². The maximum atomic E-state index is 12.2. The summed E-state index contributed by atoms with van der Waals surface area (Å²) in [6.45, 7) is 0. The Hall–Kier alpha value is -0.750. The van der Waals surface area contributed by atoms with Gasteiger partial charge < -0.3 is 0 Å². The lowest BCUT2D eigenvalue weighted by atomic mass is 10.4. The van der Waals surface area contributed by atoms with E-state index in [9.17, 15) is 12.2 Å².